The fourth-order valence-electron chi connectivity index (χ4n) is 1.93. The molecule has 1 heterocycles. The number of hydrogen-bond acceptors (Lipinski definition) is 5. The van der Waals surface area contributed by atoms with Crippen LogP contribution in [-0.4, -0.2) is 33.0 Å². The highest BCUT2D eigenvalue weighted by Gasteiger charge is 2.19. The number of hydrogen-bond donors (Lipinski definition) is 1. The van der Waals surface area contributed by atoms with E-state index in [0.717, 1.165) is 17.3 Å². The van der Waals surface area contributed by atoms with Gasteiger partial charge in [-0.05, 0) is 32.4 Å². The van der Waals surface area contributed by atoms with Gasteiger partial charge in [0.25, 0.3) is 0 Å². The van der Waals surface area contributed by atoms with Crippen molar-refractivity contribution in [2.45, 2.75) is 37.7 Å². The minimum atomic E-state index is -0.329. The number of nitrogens with one attached hydrogen (secondary N) is 1. The Bertz CT molecular complexity index is 705. The molecule has 0 radical (unpaired) electrons. The topological polar surface area (TPSA) is 69.0 Å². The number of amides is 1. The molecule has 2 rings (SSSR count). The lowest BCUT2D eigenvalue weighted by molar-refractivity contribution is -0.115. The molecule has 1 aromatic carbocycles. The summed E-state index contributed by atoms with van der Waals surface area (Å²) in [4.78, 5) is 12.4. The van der Waals surface area contributed by atoms with E-state index in [1.807, 2.05) is 25.3 Å². The van der Waals surface area contributed by atoms with Crippen LogP contribution in [0.1, 0.15) is 19.4 Å². The number of benzene rings is 1. The van der Waals surface area contributed by atoms with Crippen molar-refractivity contribution >= 4 is 35.0 Å². The second-order valence-electron chi connectivity index (χ2n) is 4.95. The van der Waals surface area contributed by atoms with Gasteiger partial charge in [0.1, 0.15) is 12.1 Å². The molecule has 23 heavy (non-hydrogen) atoms. The average molecular weight is 355 g/mol. The lowest BCUT2D eigenvalue weighted by atomic mass is 10.2. The zero-order valence-corrected chi connectivity index (χ0v) is 15.0. The van der Waals surface area contributed by atoms with Gasteiger partial charge >= 0.3 is 0 Å². The minimum absolute atomic E-state index is 0.138. The molecule has 0 saturated heterocycles. The summed E-state index contributed by atoms with van der Waals surface area (Å²) < 4.78 is 7.16. The smallest absolute Gasteiger partial charge is 0.237 e. The summed E-state index contributed by atoms with van der Waals surface area (Å²) in [5, 5.41) is 11.8. The van der Waals surface area contributed by atoms with E-state index in [4.69, 9.17) is 16.3 Å². The van der Waals surface area contributed by atoms with Crippen LogP contribution in [0.3, 0.4) is 0 Å². The number of anilines is 1. The summed E-state index contributed by atoms with van der Waals surface area (Å²) in [6.07, 6.45) is 1.65. The maximum absolute atomic E-state index is 12.4. The standard InChI is InChI=1S/C15H19ClN4O2S/c1-5-20-8-17-19-15(20)23-10(3)14(21)18-12-6-9(2)11(16)7-13(12)22-4/h6-8,10H,5H2,1-4H3,(H,18,21)/t10-/m0/s1. The number of halogens is 1. The van der Waals surface area contributed by atoms with Gasteiger partial charge in [0.05, 0.1) is 18.0 Å². The summed E-state index contributed by atoms with van der Waals surface area (Å²) in [7, 11) is 1.54. The van der Waals surface area contributed by atoms with Crippen LogP contribution in [-0.2, 0) is 11.3 Å². The number of ether oxygens (including phenoxy) is 1. The maximum Gasteiger partial charge on any atom is 0.237 e. The van der Waals surface area contributed by atoms with Crippen molar-refractivity contribution in [2.24, 2.45) is 0 Å². The van der Waals surface area contributed by atoms with Gasteiger partial charge < -0.3 is 14.6 Å². The van der Waals surface area contributed by atoms with Crippen LogP contribution in [0.5, 0.6) is 5.75 Å². The predicted molar refractivity (Wildman–Crippen MR) is 92.4 cm³/mol. The molecule has 8 heteroatoms. The van der Waals surface area contributed by atoms with Gasteiger partial charge in [-0.25, -0.2) is 0 Å². The van der Waals surface area contributed by atoms with E-state index in [1.165, 1.54) is 11.8 Å². The lowest BCUT2D eigenvalue weighted by Gasteiger charge is -2.15. The summed E-state index contributed by atoms with van der Waals surface area (Å²) in [6.45, 7) is 6.46. The monoisotopic (exact) mass is 354 g/mol. The molecule has 0 bridgehead atoms. The van der Waals surface area contributed by atoms with Gasteiger partial charge in [-0.15, -0.1) is 10.2 Å². The number of rotatable bonds is 6. The van der Waals surface area contributed by atoms with Gasteiger partial charge in [0.15, 0.2) is 5.16 Å². The van der Waals surface area contributed by atoms with Crippen molar-refractivity contribution in [1.29, 1.82) is 0 Å². The molecule has 124 valence electrons. The van der Waals surface area contributed by atoms with E-state index >= 15 is 0 Å². The normalized spacial score (nSPS) is 12.0. The SMILES string of the molecule is CCn1cnnc1S[C@@H](C)C(=O)Nc1cc(C)c(Cl)cc1OC. The van der Waals surface area contributed by atoms with Gasteiger partial charge in [-0.2, -0.15) is 0 Å². The van der Waals surface area contributed by atoms with Crippen LogP contribution < -0.4 is 10.1 Å². The summed E-state index contributed by atoms with van der Waals surface area (Å²) >= 11 is 7.44. The first-order chi connectivity index (χ1) is 11.0. The number of carbonyl (C=O) groups excluding carboxylic acids is 1. The second-order valence-corrected chi connectivity index (χ2v) is 6.67. The first-order valence-electron chi connectivity index (χ1n) is 7.15. The molecule has 2 aromatic rings. The highest BCUT2D eigenvalue weighted by atomic mass is 35.5. The van der Waals surface area contributed by atoms with Crippen LogP contribution in [0.15, 0.2) is 23.6 Å². The third kappa shape index (κ3) is 4.17. The van der Waals surface area contributed by atoms with Crippen LogP contribution >= 0.6 is 23.4 Å². The Morgan fingerprint density at radius 3 is 2.91 bits per heavy atom. The Hall–Kier alpha value is -1.73. The fraction of sp³-hybridized carbons (Fsp3) is 0.400. The molecule has 0 aliphatic carbocycles. The van der Waals surface area contributed by atoms with E-state index < -0.39 is 0 Å². The molecule has 1 amide bonds. The third-order valence-corrected chi connectivity index (χ3v) is 4.81. The summed E-state index contributed by atoms with van der Waals surface area (Å²) in [6, 6.07) is 3.49. The van der Waals surface area contributed by atoms with Gasteiger partial charge in [-0.3, -0.25) is 4.79 Å². The molecule has 0 spiro atoms. The molecule has 0 fully saturated rings. The van der Waals surface area contributed by atoms with Gasteiger partial charge in [0, 0.05) is 17.6 Å². The van der Waals surface area contributed by atoms with Crippen LogP contribution in [0.2, 0.25) is 5.02 Å². The van der Waals surface area contributed by atoms with Crippen LogP contribution in [0, 0.1) is 6.92 Å². The van der Waals surface area contributed by atoms with Crippen molar-refractivity contribution in [1.82, 2.24) is 14.8 Å². The zero-order chi connectivity index (χ0) is 17.0. The summed E-state index contributed by atoms with van der Waals surface area (Å²) in [5.74, 6) is 0.392. The minimum Gasteiger partial charge on any atom is -0.495 e. The molecule has 6 nitrogen and oxygen atoms in total. The second kappa shape index (κ2) is 7.70. The van der Waals surface area contributed by atoms with Crippen LogP contribution in [0.25, 0.3) is 0 Å². The highest BCUT2D eigenvalue weighted by Crippen LogP contribution is 2.32. The number of thioether (sulfide) groups is 1. The molecular formula is C15H19ClN4O2S. The van der Waals surface area contributed by atoms with E-state index in [9.17, 15) is 4.79 Å². The van der Waals surface area contributed by atoms with Gasteiger partial charge in [0.2, 0.25) is 5.91 Å². The molecule has 0 unspecified atom stereocenters. The zero-order valence-electron chi connectivity index (χ0n) is 13.5. The predicted octanol–water partition coefficient (Wildman–Crippen LogP) is 3.39. The van der Waals surface area contributed by atoms with Crippen molar-refractivity contribution in [3.63, 3.8) is 0 Å². The van der Waals surface area contributed by atoms with E-state index in [0.29, 0.717) is 16.5 Å². The molecule has 1 atom stereocenters. The number of aryl methyl sites for hydroxylation is 2. The van der Waals surface area contributed by atoms with Crippen LogP contribution in [0.4, 0.5) is 5.69 Å². The lowest BCUT2D eigenvalue weighted by Crippen LogP contribution is -2.23. The Balaban J connectivity index is 2.11. The number of methoxy groups -OCH3 is 1. The Labute approximate surface area is 144 Å². The van der Waals surface area contributed by atoms with Crippen molar-refractivity contribution in [3.8, 4) is 5.75 Å². The first-order valence-corrected chi connectivity index (χ1v) is 8.41. The Morgan fingerprint density at radius 1 is 1.52 bits per heavy atom. The summed E-state index contributed by atoms with van der Waals surface area (Å²) in [5.41, 5.74) is 1.47. The number of aromatic nitrogens is 3. The number of carbonyl (C=O) groups is 1. The van der Waals surface area contributed by atoms with E-state index in [2.05, 4.69) is 15.5 Å². The molecule has 0 aliphatic heterocycles. The van der Waals surface area contributed by atoms with Gasteiger partial charge in [-0.1, -0.05) is 23.4 Å². The Morgan fingerprint density at radius 2 is 2.26 bits per heavy atom. The molecule has 1 aromatic heterocycles. The quantitative estimate of drug-likeness (QED) is 0.805. The first kappa shape index (κ1) is 17.6. The average Bonchev–Trinajstić information content (AvgIpc) is 2.97. The molecular weight excluding hydrogens is 336 g/mol. The van der Waals surface area contributed by atoms with Crippen molar-refractivity contribution < 1.29 is 9.53 Å². The van der Waals surface area contributed by atoms with Crippen molar-refractivity contribution in [2.75, 3.05) is 12.4 Å². The molecule has 0 saturated carbocycles. The van der Waals surface area contributed by atoms with E-state index in [-0.39, 0.29) is 11.2 Å². The largest absolute Gasteiger partial charge is 0.495 e. The third-order valence-electron chi connectivity index (χ3n) is 3.31. The molecule has 1 N–H and O–H groups in total. The highest BCUT2D eigenvalue weighted by molar-refractivity contribution is 8.00. The molecule has 0 aliphatic rings. The van der Waals surface area contributed by atoms with E-state index in [1.54, 1.807) is 25.6 Å². The fourth-order valence-corrected chi connectivity index (χ4v) is 2.97. The van der Waals surface area contributed by atoms with Crippen molar-refractivity contribution in [3.05, 3.63) is 29.0 Å². The maximum atomic E-state index is 12.4. The Kier molecular flexibility index (Phi) is 5.90. The number of nitrogens with zero attached hydrogens (tertiary/aromatic N) is 3.